The van der Waals surface area contributed by atoms with Crippen LogP contribution >= 0.6 is 24.0 Å². The summed E-state index contributed by atoms with van der Waals surface area (Å²) < 4.78 is 0. The second kappa shape index (κ2) is 13.0. The third-order valence-corrected chi connectivity index (χ3v) is 4.74. The maximum atomic E-state index is 12.3. The number of anilines is 1. The number of hydrogen-bond acceptors (Lipinski definition) is 3. The molecule has 3 N–H and O–H groups in total. The lowest BCUT2D eigenvalue weighted by Gasteiger charge is -2.16. The molecule has 1 aromatic heterocycles. The van der Waals surface area contributed by atoms with Crippen LogP contribution in [0.3, 0.4) is 0 Å². The standard InChI is InChI=1S/C22H30N6O.HI/c1-2-23-21(25-13-11-19-9-3-4-12-24-19)26-17-18-8-7-10-20(16-18)27-22(29)28-14-5-6-15-28;/h3-4,7-10,12,16H,2,5-6,11,13-15,17H2,1H3,(H,27,29)(H2,23,25,26);1H. The fraction of sp³-hybridized carbons (Fsp3) is 0.409. The second-order valence-corrected chi connectivity index (χ2v) is 7.02. The summed E-state index contributed by atoms with van der Waals surface area (Å²) >= 11 is 0. The molecule has 0 spiro atoms. The number of hydrogen-bond donors (Lipinski definition) is 3. The van der Waals surface area contributed by atoms with Crippen LogP contribution in [0.5, 0.6) is 0 Å². The van der Waals surface area contributed by atoms with E-state index >= 15 is 0 Å². The lowest BCUT2D eigenvalue weighted by molar-refractivity contribution is 0.222. The van der Waals surface area contributed by atoms with Crippen LogP contribution in [-0.4, -0.2) is 48.1 Å². The van der Waals surface area contributed by atoms with E-state index in [4.69, 9.17) is 0 Å². The van der Waals surface area contributed by atoms with Gasteiger partial charge in [0.15, 0.2) is 5.96 Å². The van der Waals surface area contributed by atoms with Gasteiger partial charge in [-0.2, -0.15) is 0 Å². The summed E-state index contributed by atoms with van der Waals surface area (Å²) in [5.74, 6) is 0.773. The first kappa shape index (κ1) is 23.9. The Kier molecular flexibility index (Phi) is 10.4. The highest BCUT2D eigenvalue weighted by Crippen LogP contribution is 2.14. The molecule has 0 aliphatic carbocycles. The molecule has 162 valence electrons. The summed E-state index contributed by atoms with van der Waals surface area (Å²) in [6, 6.07) is 13.8. The Hall–Kier alpha value is -2.36. The molecule has 1 saturated heterocycles. The Balaban J connectivity index is 0.00000320. The lowest BCUT2D eigenvalue weighted by atomic mass is 10.2. The number of carbonyl (C=O) groups excluding carboxylic acids is 1. The van der Waals surface area contributed by atoms with E-state index in [1.165, 1.54) is 0 Å². The monoisotopic (exact) mass is 522 g/mol. The largest absolute Gasteiger partial charge is 0.357 e. The maximum absolute atomic E-state index is 12.3. The minimum atomic E-state index is -0.0207. The van der Waals surface area contributed by atoms with Crippen LogP contribution in [0.2, 0.25) is 0 Å². The normalized spacial score (nSPS) is 13.5. The van der Waals surface area contributed by atoms with Gasteiger partial charge in [0.1, 0.15) is 0 Å². The van der Waals surface area contributed by atoms with Gasteiger partial charge in [0.25, 0.3) is 0 Å². The summed E-state index contributed by atoms with van der Waals surface area (Å²) in [7, 11) is 0. The first-order valence-corrected chi connectivity index (χ1v) is 10.3. The molecule has 2 amide bonds. The van der Waals surface area contributed by atoms with Crippen molar-refractivity contribution in [3.8, 4) is 0 Å². The smallest absolute Gasteiger partial charge is 0.321 e. The molecule has 0 atom stereocenters. The van der Waals surface area contributed by atoms with Gasteiger partial charge >= 0.3 is 6.03 Å². The molecule has 2 heterocycles. The second-order valence-electron chi connectivity index (χ2n) is 7.02. The number of nitrogens with zero attached hydrogens (tertiary/aromatic N) is 3. The van der Waals surface area contributed by atoms with E-state index in [-0.39, 0.29) is 30.0 Å². The van der Waals surface area contributed by atoms with E-state index in [2.05, 4.69) is 25.9 Å². The SMILES string of the molecule is CCNC(=NCc1cccc(NC(=O)N2CCCC2)c1)NCCc1ccccn1.I. The van der Waals surface area contributed by atoms with Crippen molar-refractivity contribution in [2.75, 3.05) is 31.5 Å². The van der Waals surface area contributed by atoms with Crippen molar-refractivity contribution in [1.29, 1.82) is 0 Å². The third kappa shape index (κ3) is 7.81. The van der Waals surface area contributed by atoms with Crippen LogP contribution < -0.4 is 16.0 Å². The van der Waals surface area contributed by atoms with E-state index in [0.29, 0.717) is 6.54 Å². The quantitative estimate of drug-likeness (QED) is 0.295. The summed E-state index contributed by atoms with van der Waals surface area (Å²) in [5.41, 5.74) is 2.91. The molecular weight excluding hydrogens is 491 g/mol. The number of nitrogens with one attached hydrogen (secondary N) is 3. The number of guanidine groups is 1. The van der Waals surface area contributed by atoms with Gasteiger partial charge in [0.05, 0.1) is 6.54 Å². The molecule has 1 aliphatic rings. The highest BCUT2D eigenvalue weighted by atomic mass is 127. The zero-order chi connectivity index (χ0) is 20.3. The molecule has 1 aromatic carbocycles. The van der Waals surface area contributed by atoms with Gasteiger partial charge in [-0.3, -0.25) is 4.98 Å². The summed E-state index contributed by atoms with van der Waals surface area (Å²) in [6.45, 7) is 5.81. The lowest BCUT2D eigenvalue weighted by Crippen LogP contribution is -2.38. The maximum Gasteiger partial charge on any atom is 0.321 e. The summed E-state index contributed by atoms with van der Waals surface area (Å²) in [6.07, 6.45) is 4.82. The van der Waals surface area contributed by atoms with Crippen molar-refractivity contribution < 1.29 is 4.79 Å². The Morgan fingerprint density at radius 1 is 1.13 bits per heavy atom. The molecule has 0 unspecified atom stereocenters. The van der Waals surface area contributed by atoms with E-state index in [1.807, 2.05) is 60.5 Å². The third-order valence-electron chi connectivity index (χ3n) is 4.74. The molecule has 0 radical (unpaired) electrons. The Bertz CT molecular complexity index is 808. The summed E-state index contributed by atoms with van der Waals surface area (Å²) in [4.78, 5) is 23.1. The number of pyridine rings is 1. The number of benzene rings is 1. The number of halogens is 1. The first-order chi connectivity index (χ1) is 14.2. The Morgan fingerprint density at radius 3 is 2.70 bits per heavy atom. The Morgan fingerprint density at radius 2 is 1.97 bits per heavy atom. The minimum absolute atomic E-state index is 0. The van der Waals surface area contributed by atoms with Crippen molar-refractivity contribution in [3.63, 3.8) is 0 Å². The van der Waals surface area contributed by atoms with Gasteiger partial charge in [0.2, 0.25) is 0 Å². The van der Waals surface area contributed by atoms with Crippen LogP contribution in [0.4, 0.5) is 10.5 Å². The van der Waals surface area contributed by atoms with Gasteiger partial charge in [-0.05, 0) is 49.6 Å². The van der Waals surface area contributed by atoms with Crippen LogP contribution in [0.1, 0.15) is 31.0 Å². The topological polar surface area (TPSA) is 81.7 Å². The van der Waals surface area contributed by atoms with Crippen molar-refractivity contribution in [1.82, 2.24) is 20.5 Å². The highest BCUT2D eigenvalue weighted by molar-refractivity contribution is 14.0. The fourth-order valence-electron chi connectivity index (χ4n) is 3.24. The van der Waals surface area contributed by atoms with Gasteiger partial charge in [0, 0.05) is 50.2 Å². The first-order valence-electron chi connectivity index (χ1n) is 10.3. The van der Waals surface area contributed by atoms with E-state index < -0.39 is 0 Å². The molecular formula is C22H31IN6O. The van der Waals surface area contributed by atoms with Gasteiger partial charge in [-0.1, -0.05) is 18.2 Å². The molecule has 7 nitrogen and oxygen atoms in total. The molecule has 1 fully saturated rings. The van der Waals surface area contributed by atoms with Crippen LogP contribution in [0, 0.1) is 0 Å². The van der Waals surface area contributed by atoms with Crippen molar-refractivity contribution in [3.05, 3.63) is 59.9 Å². The molecule has 3 rings (SSSR count). The van der Waals surface area contributed by atoms with E-state index in [0.717, 1.165) is 68.3 Å². The van der Waals surface area contributed by atoms with Crippen LogP contribution in [0.15, 0.2) is 53.7 Å². The van der Waals surface area contributed by atoms with Crippen molar-refractivity contribution in [2.24, 2.45) is 4.99 Å². The molecule has 2 aromatic rings. The van der Waals surface area contributed by atoms with Crippen molar-refractivity contribution >= 4 is 41.7 Å². The number of rotatable bonds is 7. The number of aromatic nitrogens is 1. The average molecular weight is 522 g/mol. The number of likely N-dealkylation sites (tertiary alicyclic amines) is 1. The van der Waals surface area contributed by atoms with Crippen LogP contribution in [0.25, 0.3) is 0 Å². The van der Waals surface area contributed by atoms with Gasteiger partial charge in [-0.15, -0.1) is 24.0 Å². The molecule has 8 heteroatoms. The van der Waals surface area contributed by atoms with E-state index in [9.17, 15) is 4.79 Å². The molecule has 30 heavy (non-hydrogen) atoms. The molecule has 0 saturated carbocycles. The predicted molar refractivity (Wildman–Crippen MR) is 132 cm³/mol. The number of urea groups is 1. The van der Waals surface area contributed by atoms with Gasteiger partial charge in [-0.25, -0.2) is 9.79 Å². The number of amides is 2. The highest BCUT2D eigenvalue weighted by Gasteiger charge is 2.17. The summed E-state index contributed by atoms with van der Waals surface area (Å²) in [5, 5.41) is 9.60. The average Bonchev–Trinajstić information content (AvgIpc) is 3.28. The molecule has 0 bridgehead atoms. The molecule has 1 aliphatic heterocycles. The van der Waals surface area contributed by atoms with Crippen molar-refractivity contribution in [2.45, 2.75) is 32.7 Å². The zero-order valence-corrected chi connectivity index (χ0v) is 19.8. The fourth-order valence-corrected chi connectivity index (χ4v) is 3.24. The zero-order valence-electron chi connectivity index (χ0n) is 17.4. The Labute approximate surface area is 195 Å². The van der Waals surface area contributed by atoms with Gasteiger partial charge < -0.3 is 20.9 Å². The minimum Gasteiger partial charge on any atom is -0.357 e. The predicted octanol–water partition coefficient (Wildman–Crippen LogP) is 3.63. The number of aliphatic imine (C=N–C) groups is 1. The number of carbonyl (C=O) groups is 1. The van der Waals surface area contributed by atoms with E-state index in [1.54, 1.807) is 0 Å². The van der Waals surface area contributed by atoms with Crippen LogP contribution in [-0.2, 0) is 13.0 Å².